The van der Waals surface area contributed by atoms with Crippen molar-refractivity contribution in [2.75, 3.05) is 0 Å². The van der Waals surface area contributed by atoms with Gasteiger partial charge in [0.05, 0.1) is 10.0 Å². The molecule has 0 unspecified atom stereocenters. The zero-order valence-corrected chi connectivity index (χ0v) is 8.62. The van der Waals surface area contributed by atoms with Gasteiger partial charge in [0.25, 0.3) is 0 Å². The molecular weight excluding hydrogens is 207 g/mol. The van der Waals surface area contributed by atoms with Crippen LogP contribution >= 0.6 is 23.2 Å². The number of hydrogen-bond acceptors (Lipinski definition) is 1. The summed E-state index contributed by atoms with van der Waals surface area (Å²) < 4.78 is 0. The Morgan fingerprint density at radius 1 is 1.46 bits per heavy atom. The molecule has 13 heavy (non-hydrogen) atoms. The minimum atomic E-state index is 0.388. The summed E-state index contributed by atoms with van der Waals surface area (Å²) >= 11 is 11.7. The van der Waals surface area contributed by atoms with Crippen LogP contribution in [0, 0.1) is 0 Å². The van der Waals surface area contributed by atoms with E-state index >= 15 is 0 Å². The fourth-order valence-electron chi connectivity index (χ4n) is 1.10. The Morgan fingerprint density at radius 3 is 2.54 bits per heavy atom. The lowest BCUT2D eigenvalue weighted by molar-refractivity contribution is 0.112. The van der Waals surface area contributed by atoms with E-state index in [-0.39, 0.29) is 0 Å². The van der Waals surface area contributed by atoms with Gasteiger partial charge in [0.1, 0.15) is 0 Å². The van der Waals surface area contributed by atoms with E-state index in [2.05, 4.69) is 6.58 Å². The highest BCUT2D eigenvalue weighted by atomic mass is 35.5. The second-order valence-corrected chi connectivity index (χ2v) is 3.51. The summed E-state index contributed by atoms with van der Waals surface area (Å²) in [5, 5.41) is 0.823. The normalized spacial score (nSPS) is 9.77. The molecular formula is C10H8Cl2O. The molecule has 0 aliphatic carbocycles. The fourth-order valence-corrected chi connectivity index (χ4v) is 1.59. The molecule has 0 atom stereocenters. The van der Waals surface area contributed by atoms with Crippen molar-refractivity contribution in [2.24, 2.45) is 0 Å². The van der Waals surface area contributed by atoms with Crippen LogP contribution in [-0.2, 0) is 0 Å². The van der Waals surface area contributed by atoms with Crippen LogP contribution in [0.5, 0.6) is 0 Å². The molecule has 3 heteroatoms. The maximum atomic E-state index is 10.7. The molecule has 0 N–H and O–H groups in total. The second-order valence-electron chi connectivity index (χ2n) is 2.72. The van der Waals surface area contributed by atoms with Crippen molar-refractivity contribution in [1.82, 2.24) is 0 Å². The molecule has 0 saturated heterocycles. The predicted molar refractivity (Wildman–Crippen MR) is 56.6 cm³/mol. The maximum Gasteiger partial charge on any atom is 0.150 e. The van der Waals surface area contributed by atoms with E-state index in [1.54, 1.807) is 19.1 Å². The second kappa shape index (κ2) is 3.95. The molecule has 0 bridgehead atoms. The molecule has 1 aromatic carbocycles. The van der Waals surface area contributed by atoms with Crippen molar-refractivity contribution in [3.63, 3.8) is 0 Å². The van der Waals surface area contributed by atoms with Gasteiger partial charge in [0.2, 0.25) is 0 Å². The highest BCUT2D eigenvalue weighted by Gasteiger charge is 2.10. The minimum absolute atomic E-state index is 0.388. The van der Waals surface area contributed by atoms with Gasteiger partial charge in [-0.05, 0) is 24.6 Å². The molecule has 0 aromatic heterocycles. The van der Waals surface area contributed by atoms with Crippen LogP contribution in [0.2, 0.25) is 10.0 Å². The molecule has 68 valence electrons. The summed E-state index contributed by atoms with van der Waals surface area (Å²) in [6, 6.07) is 3.23. The third-order valence-corrected chi connectivity index (χ3v) is 2.49. The quantitative estimate of drug-likeness (QED) is 0.685. The van der Waals surface area contributed by atoms with Gasteiger partial charge in [-0.25, -0.2) is 0 Å². The van der Waals surface area contributed by atoms with Gasteiger partial charge in [-0.2, -0.15) is 0 Å². The van der Waals surface area contributed by atoms with E-state index < -0.39 is 0 Å². The smallest absolute Gasteiger partial charge is 0.150 e. The number of aldehydes is 1. The van der Waals surface area contributed by atoms with Crippen molar-refractivity contribution >= 4 is 35.1 Å². The average molecular weight is 215 g/mol. The Hall–Kier alpha value is -0.790. The Bertz CT molecular complexity index is 369. The van der Waals surface area contributed by atoms with E-state index in [0.717, 1.165) is 11.9 Å². The summed E-state index contributed by atoms with van der Waals surface area (Å²) in [4.78, 5) is 10.7. The topological polar surface area (TPSA) is 17.1 Å². The molecule has 0 aliphatic heterocycles. The zero-order valence-electron chi connectivity index (χ0n) is 7.10. The molecule has 0 fully saturated rings. The molecule has 0 saturated carbocycles. The number of benzene rings is 1. The molecule has 1 rings (SSSR count). The van der Waals surface area contributed by atoms with Crippen LogP contribution < -0.4 is 0 Å². The molecule has 0 heterocycles. The van der Waals surface area contributed by atoms with E-state index in [1.807, 2.05) is 0 Å². The summed E-state index contributed by atoms with van der Waals surface area (Å²) in [6.07, 6.45) is 0.742. The average Bonchev–Trinajstić information content (AvgIpc) is 2.08. The number of rotatable bonds is 2. The summed E-state index contributed by atoms with van der Waals surface area (Å²) in [5.41, 5.74) is 1.88. The monoisotopic (exact) mass is 214 g/mol. The highest BCUT2D eigenvalue weighted by Crippen LogP contribution is 2.31. The number of carbonyl (C=O) groups is 1. The van der Waals surface area contributed by atoms with Crippen LogP contribution in [0.3, 0.4) is 0 Å². The van der Waals surface area contributed by atoms with Gasteiger partial charge in [-0.3, -0.25) is 4.79 Å². The van der Waals surface area contributed by atoms with Crippen molar-refractivity contribution in [3.8, 4) is 0 Å². The maximum absolute atomic E-state index is 10.7. The lowest BCUT2D eigenvalue weighted by atomic mass is 10.0. The third-order valence-electron chi connectivity index (χ3n) is 1.68. The van der Waals surface area contributed by atoms with Crippen LogP contribution in [0.4, 0.5) is 0 Å². The van der Waals surface area contributed by atoms with E-state index in [1.165, 1.54) is 0 Å². The molecule has 0 aliphatic rings. The number of carbonyl (C=O) groups excluding carboxylic acids is 1. The first-order chi connectivity index (χ1) is 6.07. The summed E-state index contributed by atoms with van der Waals surface area (Å²) in [6.45, 7) is 5.52. The Morgan fingerprint density at radius 2 is 2.08 bits per heavy atom. The molecule has 0 spiro atoms. The molecule has 1 nitrogen and oxygen atoms in total. The van der Waals surface area contributed by atoms with Gasteiger partial charge in [-0.1, -0.05) is 29.8 Å². The summed E-state index contributed by atoms with van der Waals surface area (Å²) in [7, 11) is 0. The van der Waals surface area contributed by atoms with Crippen LogP contribution in [0.25, 0.3) is 5.57 Å². The first kappa shape index (κ1) is 10.3. The third kappa shape index (κ3) is 1.93. The Labute approximate surface area is 87.0 Å². The van der Waals surface area contributed by atoms with Gasteiger partial charge in [0.15, 0.2) is 6.29 Å². The number of allylic oxidation sites excluding steroid dienone is 1. The molecule has 0 amide bonds. The first-order valence-electron chi connectivity index (χ1n) is 3.67. The van der Waals surface area contributed by atoms with Crippen molar-refractivity contribution in [3.05, 3.63) is 39.9 Å². The largest absolute Gasteiger partial charge is 0.298 e. The highest BCUT2D eigenvalue weighted by molar-refractivity contribution is 6.43. The van der Waals surface area contributed by atoms with Gasteiger partial charge in [0, 0.05) is 11.1 Å². The first-order valence-corrected chi connectivity index (χ1v) is 4.42. The van der Waals surface area contributed by atoms with E-state index in [0.29, 0.717) is 21.2 Å². The number of hydrogen-bond donors (Lipinski definition) is 0. The molecule has 0 radical (unpaired) electrons. The lowest BCUT2D eigenvalue weighted by Crippen LogP contribution is -1.91. The van der Waals surface area contributed by atoms with Crippen molar-refractivity contribution in [1.29, 1.82) is 0 Å². The van der Waals surface area contributed by atoms with E-state index in [9.17, 15) is 4.79 Å². The van der Waals surface area contributed by atoms with Crippen LogP contribution in [-0.4, -0.2) is 6.29 Å². The predicted octanol–water partition coefficient (Wildman–Crippen LogP) is 3.84. The summed E-state index contributed by atoms with van der Waals surface area (Å²) in [5.74, 6) is 0. The Kier molecular flexibility index (Phi) is 3.12. The van der Waals surface area contributed by atoms with Gasteiger partial charge in [-0.15, -0.1) is 0 Å². The minimum Gasteiger partial charge on any atom is -0.298 e. The van der Waals surface area contributed by atoms with Crippen molar-refractivity contribution in [2.45, 2.75) is 6.92 Å². The standard InChI is InChI=1S/C10H8Cl2O/c1-6(2)9-7(5-13)3-4-8(11)10(9)12/h3-5H,1H2,2H3. The number of halogens is 2. The van der Waals surface area contributed by atoms with Crippen molar-refractivity contribution < 1.29 is 4.79 Å². The van der Waals surface area contributed by atoms with Crippen LogP contribution in [0.15, 0.2) is 18.7 Å². The fraction of sp³-hybridized carbons (Fsp3) is 0.100. The van der Waals surface area contributed by atoms with Gasteiger partial charge >= 0.3 is 0 Å². The lowest BCUT2D eigenvalue weighted by Gasteiger charge is -2.07. The van der Waals surface area contributed by atoms with E-state index in [4.69, 9.17) is 23.2 Å². The van der Waals surface area contributed by atoms with Crippen LogP contribution in [0.1, 0.15) is 22.8 Å². The zero-order chi connectivity index (χ0) is 10.0. The SMILES string of the molecule is C=C(C)c1c(C=O)ccc(Cl)c1Cl. The van der Waals surface area contributed by atoms with Gasteiger partial charge < -0.3 is 0 Å². The Balaban J connectivity index is 3.50. The molecule has 1 aromatic rings.